The second-order valence-electron chi connectivity index (χ2n) is 2.85. The number of fused-ring (bicyclic) bond motifs is 1. The molecule has 0 saturated carbocycles. The molecule has 0 saturated heterocycles. The van der Waals surface area contributed by atoms with Gasteiger partial charge in [0.1, 0.15) is 0 Å². The summed E-state index contributed by atoms with van der Waals surface area (Å²) in [6.45, 7) is 1.79. The molecule has 0 aliphatic carbocycles. The molecule has 72 valence electrons. The van der Waals surface area contributed by atoms with Gasteiger partial charge in [0.2, 0.25) is 0 Å². The Hall–Kier alpha value is -1.91. The summed E-state index contributed by atoms with van der Waals surface area (Å²) in [6, 6.07) is 1.75. The highest BCUT2D eigenvalue weighted by atomic mass is 16.5. The van der Waals surface area contributed by atoms with Crippen LogP contribution in [0.25, 0.3) is 5.65 Å². The molecule has 0 bridgehead atoms. The lowest BCUT2D eigenvalue weighted by molar-refractivity contribution is 0.0593. The largest absolute Gasteiger partial charge is 0.464 e. The SMILES string of the molecule is COC(=O)c1nn2cccnc2c1C. The average molecular weight is 191 g/mol. The summed E-state index contributed by atoms with van der Waals surface area (Å²) in [5.41, 5.74) is 1.72. The van der Waals surface area contributed by atoms with E-state index in [2.05, 4.69) is 14.8 Å². The fourth-order valence-electron chi connectivity index (χ4n) is 1.29. The zero-order valence-corrected chi connectivity index (χ0v) is 7.89. The number of aryl methyl sites for hydroxylation is 1. The standard InChI is InChI=1S/C9H9N3O2/c1-6-7(9(13)14-2)11-12-5-3-4-10-8(6)12/h3-5H,1-2H3. The van der Waals surface area contributed by atoms with Gasteiger partial charge in [-0.15, -0.1) is 0 Å². The molecule has 0 aliphatic heterocycles. The number of carbonyl (C=O) groups is 1. The second kappa shape index (κ2) is 3.10. The molecule has 5 heteroatoms. The molecular formula is C9H9N3O2. The normalized spacial score (nSPS) is 10.4. The molecule has 2 heterocycles. The van der Waals surface area contributed by atoms with Crippen LogP contribution >= 0.6 is 0 Å². The zero-order valence-electron chi connectivity index (χ0n) is 7.89. The summed E-state index contributed by atoms with van der Waals surface area (Å²) in [5.74, 6) is -0.437. The minimum atomic E-state index is -0.437. The van der Waals surface area contributed by atoms with Gasteiger partial charge in [-0.2, -0.15) is 5.10 Å². The monoisotopic (exact) mass is 191 g/mol. The molecule has 0 unspecified atom stereocenters. The van der Waals surface area contributed by atoms with Crippen LogP contribution in [0.3, 0.4) is 0 Å². The Morgan fingerprint density at radius 2 is 2.36 bits per heavy atom. The number of ether oxygens (including phenoxy) is 1. The van der Waals surface area contributed by atoms with Crippen molar-refractivity contribution in [2.24, 2.45) is 0 Å². The minimum Gasteiger partial charge on any atom is -0.464 e. The molecule has 2 rings (SSSR count). The first kappa shape index (κ1) is 8.68. The lowest BCUT2D eigenvalue weighted by Gasteiger charge is -1.92. The second-order valence-corrected chi connectivity index (χ2v) is 2.85. The van der Waals surface area contributed by atoms with Gasteiger partial charge in [0.15, 0.2) is 11.3 Å². The van der Waals surface area contributed by atoms with E-state index in [1.54, 1.807) is 29.9 Å². The Labute approximate surface area is 80.3 Å². The third-order valence-electron chi connectivity index (χ3n) is 2.00. The van der Waals surface area contributed by atoms with E-state index in [4.69, 9.17) is 0 Å². The number of hydrogen-bond acceptors (Lipinski definition) is 4. The van der Waals surface area contributed by atoms with Crippen LogP contribution in [0, 0.1) is 6.92 Å². The number of nitrogens with zero attached hydrogens (tertiary/aromatic N) is 3. The van der Waals surface area contributed by atoms with Crippen molar-refractivity contribution >= 4 is 11.6 Å². The summed E-state index contributed by atoms with van der Waals surface area (Å²) in [4.78, 5) is 15.4. The first-order valence-electron chi connectivity index (χ1n) is 4.12. The Balaban J connectivity index is 2.68. The van der Waals surface area contributed by atoms with Gasteiger partial charge < -0.3 is 4.74 Å². The number of methoxy groups -OCH3 is 1. The van der Waals surface area contributed by atoms with Gasteiger partial charge in [0.05, 0.1) is 7.11 Å². The first-order valence-corrected chi connectivity index (χ1v) is 4.12. The fraction of sp³-hybridized carbons (Fsp3) is 0.222. The smallest absolute Gasteiger partial charge is 0.358 e. The van der Waals surface area contributed by atoms with Crippen LogP contribution in [0.2, 0.25) is 0 Å². The predicted molar refractivity (Wildman–Crippen MR) is 49.1 cm³/mol. The number of rotatable bonds is 1. The third kappa shape index (κ3) is 1.14. The lowest BCUT2D eigenvalue weighted by atomic mass is 10.3. The van der Waals surface area contributed by atoms with E-state index in [0.29, 0.717) is 11.3 Å². The van der Waals surface area contributed by atoms with E-state index in [0.717, 1.165) is 5.56 Å². The molecule has 0 spiro atoms. The Morgan fingerprint density at radius 1 is 1.57 bits per heavy atom. The van der Waals surface area contributed by atoms with Gasteiger partial charge in [-0.3, -0.25) is 0 Å². The van der Waals surface area contributed by atoms with Gasteiger partial charge >= 0.3 is 5.97 Å². The topological polar surface area (TPSA) is 56.5 Å². The summed E-state index contributed by atoms with van der Waals surface area (Å²) < 4.78 is 6.16. The van der Waals surface area contributed by atoms with Crippen molar-refractivity contribution in [2.75, 3.05) is 7.11 Å². The molecule has 0 radical (unpaired) electrons. The van der Waals surface area contributed by atoms with E-state index in [1.165, 1.54) is 7.11 Å². The van der Waals surface area contributed by atoms with Crippen LogP contribution < -0.4 is 0 Å². The highest BCUT2D eigenvalue weighted by Gasteiger charge is 2.16. The molecular weight excluding hydrogens is 182 g/mol. The molecule has 0 fully saturated rings. The lowest BCUT2D eigenvalue weighted by Crippen LogP contribution is -2.03. The molecule has 0 aliphatic rings. The van der Waals surface area contributed by atoms with Crippen LogP contribution in [0.1, 0.15) is 16.1 Å². The van der Waals surface area contributed by atoms with Gasteiger partial charge in [-0.1, -0.05) is 0 Å². The van der Waals surface area contributed by atoms with Crippen LogP contribution in [-0.4, -0.2) is 27.7 Å². The maximum Gasteiger partial charge on any atom is 0.358 e. The average Bonchev–Trinajstić information content (AvgIpc) is 2.56. The van der Waals surface area contributed by atoms with Crippen LogP contribution in [0.15, 0.2) is 18.5 Å². The fourth-order valence-corrected chi connectivity index (χ4v) is 1.29. The van der Waals surface area contributed by atoms with Crippen LogP contribution in [0.5, 0.6) is 0 Å². The van der Waals surface area contributed by atoms with Crippen molar-refractivity contribution in [3.05, 3.63) is 29.7 Å². The van der Waals surface area contributed by atoms with Gasteiger partial charge in [0.25, 0.3) is 0 Å². The molecule has 14 heavy (non-hydrogen) atoms. The Morgan fingerprint density at radius 3 is 3.00 bits per heavy atom. The number of aromatic nitrogens is 3. The van der Waals surface area contributed by atoms with Gasteiger partial charge in [-0.25, -0.2) is 14.3 Å². The molecule has 2 aromatic rings. The predicted octanol–water partition coefficient (Wildman–Crippen LogP) is 0.824. The van der Waals surface area contributed by atoms with Crippen molar-refractivity contribution in [2.45, 2.75) is 6.92 Å². The summed E-state index contributed by atoms with van der Waals surface area (Å²) >= 11 is 0. The number of hydrogen-bond donors (Lipinski definition) is 0. The maximum atomic E-state index is 11.3. The summed E-state index contributed by atoms with van der Waals surface area (Å²) in [5, 5.41) is 4.06. The van der Waals surface area contributed by atoms with Gasteiger partial charge in [0, 0.05) is 18.0 Å². The minimum absolute atomic E-state index is 0.311. The zero-order chi connectivity index (χ0) is 10.1. The molecule has 0 atom stereocenters. The van der Waals surface area contributed by atoms with Crippen LogP contribution in [-0.2, 0) is 4.74 Å². The number of carbonyl (C=O) groups excluding carboxylic acids is 1. The van der Waals surface area contributed by atoms with E-state index in [1.807, 2.05) is 0 Å². The van der Waals surface area contributed by atoms with Crippen molar-refractivity contribution in [3.63, 3.8) is 0 Å². The quantitative estimate of drug-likeness (QED) is 0.626. The van der Waals surface area contributed by atoms with Crippen molar-refractivity contribution in [1.82, 2.24) is 14.6 Å². The maximum absolute atomic E-state index is 11.3. The Kier molecular flexibility index (Phi) is 1.92. The highest BCUT2D eigenvalue weighted by Crippen LogP contribution is 2.12. The van der Waals surface area contributed by atoms with E-state index >= 15 is 0 Å². The molecule has 0 amide bonds. The van der Waals surface area contributed by atoms with Crippen LogP contribution in [0.4, 0.5) is 0 Å². The number of esters is 1. The third-order valence-corrected chi connectivity index (χ3v) is 2.00. The van der Waals surface area contributed by atoms with E-state index in [-0.39, 0.29) is 0 Å². The summed E-state index contributed by atoms with van der Waals surface area (Å²) in [7, 11) is 1.33. The van der Waals surface area contributed by atoms with Gasteiger partial charge in [-0.05, 0) is 13.0 Å². The Bertz CT molecular complexity index is 490. The molecule has 0 aromatic carbocycles. The van der Waals surface area contributed by atoms with Crippen molar-refractivity contribution < 1.29 is 9.53 Å². The first-order chi connectivity index (χ1) is 6.74. The van der Waals surface area contributed by atoms with Crippen molar-refractivity contribution in [3.8, 4) is 0 Å². The van der Waals surface area contributed by atoms with E-state index in [9.17, 15) is 4.79 Å². The highest BCUT2D eigenvalue weighted by molar-refractivity contribution is 5.90. The summed E-state index contributed by atoms with van der Waals surface area (Å²) in [6.07, 6.45) is 3.40. The van der Waals surface area contributed by atoms with Crippen molar-refractivity contribution in [1.29, 1.82) is 0 Å². The van der Waals surface area contributed by atoms with E-state index < -0.39 is 5.97 Å². The molecule has 5 nitrogen and oxygen atoms in total. The molecule has 0 N–H and O–H groups in total. The molecule has 2 aromatic heterocycles.